The molecule has 2 heteroatoms. The van der Waals surface area contributed by atoms with Crippen LogP contribution in [0.2, 0.25) is 0 Å². The summed E-state index contributed by atoms with van der Waals surface area (Å²) >= 11 is 0. The molecule has 0 N–H and O–H groups in total. The summed E-state index contributed by atoms with van der Waals surface area (Å²) in [6.45, 7) is 7.96. The zero-order valence-electron chi connectivity index (χ0n) is 12.7. The minimum absolute atomic E-state index is 0.280. The molecular formula is C17H31NO. The third kappa shape index (κ3) is 6.26. The molecule has 110 valence electrons. The summed E-state index contributed by atoms with van der Waals surface area (Å²) in [5.41, 5.74) is 0. The van der Waals surface area contributed by atoms with E-state index >= 15 is 0 Å². The second-order valence-electron chi connectivity index (χ2n) is 5.80. The molecule has 1 heterocycles. The highest BCUT2D eigenvalue weighted by Crippen LogP contribution is 2.21. The molecular weight excluding hydrogens is 234 g/mol. The van der Waals surface area contributed by atoms with Gasteiger partial charge >= 0.3 is 0 Å². The second-order valence-corrected chi connectivity index (χ2v) is 5.80. The minimum Gasteiger partial charge on any atom is -0.342 e. The number of piperidine rings is 1. The SMILES string of the molecule is C=CCCCCC(CCCC)C(=O)N1CCCCC1. The Hall–Kier alpha value is -0.790. The average Bonchev–Trinajstić information content (AvgIpc) is 2.47. The fourth-order valence-corrected chi connectivity index (χ4v) is 2.89. The smallest absolute Gasteiger partial charge is 0.225 e. The van der Waals surface area contributed by atoms with Crippen molar-refractivity contribution in [3.63, 3.8) is 0 Å². The summed E-state index contributed by atoms with van der Waals surface area (Å²) in [4.78, 5) is 14.7. The van der Waals surface area contributed by atoms with Crippen molar-refractivity contribution in [2.24, 2.45) is 5.92 Å². The molecule has 0 aromatic carbocycles. The molecule has 1 fully saturated rings. The first-order valence-corrected chi connectivity index (χ1v) is 8.19. The molecule has 19 heavy (non-hydrogen) atoms. The summed E-state index contributed by atoms with van der Waals surface area (Å²) in [7, 11) is 0. The number of unbranched alkanes of at least 4 members (excludes halogenated alkanes) is 3. The monoisotopic (exact) mass is 265 g/mol. The van der Waals surface area contributed by atoms with E-state index in [0.717, 1.165) is 32.4 Å². The Morgan fingerprint density at radius 2 is 1.84 bits per heavy atom. The van der Waals surface area contributed by atoms with Crippen LogP contribution in [0.25, 0.3) is 0 Å². The van der Waals surface area contributed by atoms with E-state index in [1.165, 1.54) is 44.9 Å². The molecule has 1 rings (SSSR count). The summed E-state index contributed by atoms with van der Waals surface area (Å²) in [5, 5.41) is 0. The molecule has 0 aliphatic carbocycles. The standard InChI is InChI=1S/C17H31NO/c1-3-5-7-9-13-16(12-6-4-2)17(19)18-14-10-8-11-15-18/h3,16H,1,4-15H2,2H3. The molecule has 0 aromatic rings. The third-order valence-electron chi connectivity index (χ3n) is 4.13. The van der Waals surface area contributed by atoms with Gasteiger partial charge in [0.15, 0.2) is 0 Å². The van der Waals surface area contributed by atoms with E-state index in [0.29, 0.717) is 5.91 Å². The van der Waals surface area contributed by atoms with Gasteiger partial charge in [-0.3, -0.25) is 4.79 Å². The molecule has 2 nitrogen and oxygen atoms in total. The van der Waals surface area contributed by atoms with Crippen molar-refractivity contribution >= 4 is 5.91 Å². The lowest BCUT2D eigenvalue weighted by molar-refractivity contribution is -0.137. The molecule has 1 saturated heterocycles. The highest BCUT2D eigenvalue weighted by Gasteiger charge is 2.24. The van der Waals surface area contributed by atoms with Gasteiger partial charge in [-0.25, -0.2) is 0 Å². The van der Waals surface area contributed by atoms with E-state index in [-0.39, 0.29) is 5.92 Å². The van der Waals surface area contributed by atoms with Gasteiger partial charge in [0.2, 0.25) is 5.91 Å². The number of amides is 1. The van der Waals surface area contributed by atoms with Crippen LogP contribution in [0.3, 0.4) is 0 Å². The molecule has 1 atom stereocenters. The van der Waals surface area contributed by atoms with Crippen molar-refractivity contribution in [1.29, 1.82) is 0 Å². The lowest BCUT2D eigenvalue weighted by Crippen LogP contribution is -2.39. The molecule has 0 radical (unpaired) electrons. The van der Waals surface area contributed by atoms with Gasteiger partial charge < -0.3 is 4.90 Å². The van der Waals surface area contributed by atoms with Crippen LogP contribution in [0.4, 0.5) is 0 Å². The molecule has 0 bridgehead atoms. The normalized spacial score (nSPS) is 17.2. The van der Waals surface area contributed by atoms with Crippen LogP contribution in [0.1, 0.15) is 71.1 Å². The number of nitrogens with zero attached hydrogens (tertiary/aromatic N) is 1. The number of carbonyl (C=O) groups is 1. The summed E-state index contributed by atoms with van der Waals surface area (Å²) in [6, 6.07) is 0. The number of carbonyl (C=O) groups excluding carboxylic acids is 1. The van der Waals surface area contributed by atoms with Crippen LogP contribution < -0.4 is 0 Å². The number of likely N-dealkylation sites (tertiary alicyclic amines) is 1. The Morgan fingerprint density at radius 3 is 2.47 bits per heavy atom. The predicted molar refractivity (Wildman–Crippen MR) is 82.1 cm³/mol. The van der Waals surface area contributed by atoms with Gasteiger partial charge in [0.1, 0.15) is 0 Å². The van der Waals surface area contributed by atoms with Crippen molar-refractivity contribution in [2.45, 2.75) is 71.1 Å². The van der Waals surface area contributed by atoms with Crippen LogP contribution in [-0.2, 0) is 4.79 Å². The lowest BCUT2D eigenvalue weighted by Gasteiger charge is -2.30. The van der Waals surface area contributed by atoms with Crippen molar-refractivity contribution in [3.8, 4) is 0 Å². The van der Waals surface area contributed by atoms with Crippen molar-refractivity contribution in [2.75, 3.05) is 13.1 Å². The minimum atomic E-state index is 0.280. The Kier molecular flexibility index (Phi) is 8.61. The fourth-order valence-electron chi connectivity index (χ4n) is 2.89. The van der Waals surface area contributed by atoms with Crippen LogP contribution >= 0.6 is 0 Å². The van der Waals surface area contributed by atoms with E-state index in [9.17, 15) is 4.79 Å². The average molecular weight is 265 g/mol. The van der Waals surface area contributed by atoms with E-state index < -0.39 is 0 Å². The van der Waals surface area contributed by atoms with Crippen LogP contribution in [0, 0.1) is 5.92 Å². The molecule has 0 aromatic heterocycles. The number of hydrogen-bond acceptors (Lipinski definition) is 1. The zero-order chi connectivity index (χ0) is 13.9. The quantitative estimate of drug-likeness (QED) is 0.442. The Bertz CT molecular complexity index is 256. The van der Waals surface area contributed by atoms with Gasteiger partial charge in [0.25, 0.3) is 0 Å². The summed E-state index contributed by atoms with van der Waals surface area (Å²) in [5.74, 6) is 0.717. The van der Waals surface area contributed by atoms with Crippen LogP contribution in [0.5, 0.6) is 0 Å². The Morgan fingerprint density at radius 1 is 1.16 bits per heavy atom. The van der Waals surface area contributed by atoms with Gasteiger partial charge in [-0.2, -0.15) is 0 Å². The van der Waals surface area contributed by atoms with Crippen molar-refractivity contribution in [3.05, 3.63) is 12.7 Å². The number of allylic oxidation sites excluding steroid dienone is 1. The number of hydrogen-bond donors (Lipinski definition) is 0. The maximum Gasteiger partial charge on any atom is 0.225 e. The third-order valence-corrected chi connectivity index (χ3v) is 4.13. The second kappa shape index (κ2) is 10.1. The van der Waals surface area contributed by atoms with Gasteiger partial charge in [-0.05, 0) is 44.9 Å². The molecule has 0 spiro atoms. The van der Waals surface area contributed by atoms with Gasteiger partial charge in [0.05, 0.1) is 0 Å². The van der Waals surface area contributed by atoms with E-state index in [1.807, 2.05) is 6.08 Å². The summed E-state index contributed by atoms with van der Waals surface area (Å²) < 4.78 is 0. The lowest BCUT2D eigenvalue weighted by atomic mass is 9.93. The predicted octanol–water partition coefficient (Wildman–Crippen LogP) is 4.55. The molecule has 1 amide bonds. The van der Waals surface area contributed by atoms with Crippen LogP contribution in [0.15, 0.2) is 12.7 Å². The van der Waals surface area contributed by atoms with Crippen LogP contribution in [-0.4, -0.2) is 23.9 Å². The first-order chi connectivity index (χ1) is 9.29. The van der Waals surface area contributed by atoms with Gasteiger partial charge in [-0.15, -0.1) is 6.58 Å². The van der Waals surface area contributed by atoms with E-state index in [2.05, 4.69) is 18.4 Å². The molecule has 1 unspecified atom stereocenters. The maximum absolute atomic E-state index is 12.6. The Labute approximate surface area is 119 Å². The van der Waals surface area contributed by atoms with E-state index in [1.54, 1.807) is 0 Å². The van der Waals surface area contributed by atoms with E-state index in [4.69, 9.17) is 0 Å². The molecule has 1 aliphatic rings. The van der Waals surface area contributed by atoms with Gasteiger partial charge in [-0.1, -0.05) is 32.3 Å². The fraction of sp³-hybridized carbons (Fsp3) is 0.824. The molecule has 0 saturated carbocycles. The first-order valence-electron chi connectivity index (χ1n) is 8.19. The zero-order valence-corrected chi connectivity index (χ0v) is 12.7. The van der Waals surface area contributed by atoms with Gasteiger partial charge in [0, 0.05) is 19.0 Å². The highest BCUT2D eigenvalue weighted by molar-refractivity contribution is 5.78. The first kappa shape index (κ1) is 16.3. The van der Waals surface area contributed by atoms with Crippen molar-refractivity contribution < 1.29 is 4.79 Å². The Balaban J connectivity index is 2.40. The van der Waals surface area contributed by atoms with Crippen molar-refractivity contribution in [1.82, 2.24) is 4.90 Å². The highest BCUT2D eigenvalue weighted by atomic mass is 16.2. The number of rotatable bonds is 9. The summed E-state index contributed by atoms with van der Waals surface area (Å²) in [6.07, 6.45) is 13.6. The maximum atomic E-state index is 12.6. The molecule has 1 aliphatic heterocycles. The largest absolute Gasteiger partial charge is 0.342 e. The topological polar surface area (TPSA) is 20.3 Å².